The lowest BCUT2D eigenvalue weighted by Gasteiger charge is -2.30. The Morgan fingerprint density at radius 3 is 2.35 bits per heavy atom. The molecule has 0 aliphatic heterocycles. The van der Waals surface area contributed by atoms with Crippen molar-refractivity contribution in [2.45, 2.75) is 26.3 Å². The van der Waals surface area contributed by atoms with Crippen LogP contribution in [0.4, 0.5) is 11.4 Å². The number of carbonyl (C=O) groups is 1. The summed E-state index contributed by atoms with van der Waals surface area (Å²) >= 11 is 9.30. The van der Waals surface area contributed by atoms with Crippen molar-refractivity contribution in [2.75, 3.05) is 15.9 Å². The number of hydrogen-bond acceptors (Lipinski definition) is 3. The number of nitrogens with one attached hydrogen (secondary N) is 1. The molecule has 0 aliphatic rings. The molecule has 0 unspecified atom stereocenters. The maximum Gasteiger partial charge on any atom is 0.248 e. The lowest BCUT2D eigenvalue weighted by molar-refractivity contribution is -0.117. The molecule has 0 aliphatic carbocycles. The molecule has 0 bridgehead atoms. The summed E-state index contributed by atoms with van der Waals surface area (Å²) in [6.07, 6.45) is 1.40. The van der Waals surface area contributed by atoms with Gasteiger partial charge in [-0.2, -0.15) is 0 Å². The summed E-state index contributed by atoms with van der Waals surface area (Å²) in [6.45, 7) is 3.68. The number of sulfonamides is 1. The third-order valence-corrected chi connectivity index (χ3v) is 6.16. The van der Waals surface area contributed by atoms with E-state index in [9.17, 15) is 13.2 Å². The number of amides is 1. The van der Waals surface area contributed by atoms with Gasteiger partial charge in [0.25, 0.3) is 0 Å². The zero-order valence-electron chi connectivity index (χ0n) is 14.7. The van der Waals surface area contributed by atoms with Crippen LogP contribution in [0.1, 0.15) is 18.9 Å². The summed E-state index contributed by atoms with van der Waals surface area (Å²) in [5.74, 6) is -0.394. The third-order valence-electron chi connectivity index (χ3n) is 3.84. The van der Waals surface area contributed by atoms with Crippen molar-refractivity contribution in [3.63, 3.8) is 0 Å². The van der Waals surface area contributed by atoms with Gasteiger partial charge in [-0.25, -0.2) is 8.42 Å². The smallest absolute Gasteiger partial charge is 0.248 e. The number of carbonyl (C=O) groups excluding carboxylic acids is 1. The molecule has 0 saturated carbocycles. The number of nitrogens with zero attached hydrogens (tertiary/aromatic N) is 1. The van der Waals surface area contributed by atoms with E-state index in [1.54, 1.807) is 37.3 Å². The van der Waals surface area contributed by atoms with Crippen LogP contribution in [0.2, 0.25) is 5.02 Å². The van der Waals surface area contributed by atoms with Crippen LogP contribution < -0.4 is 9.62 Å². The largest absolute Gasteiger partial charge is 0.324 e. The highest BCUT2D eigenvalue weighted by atomic mass is 79.9. The van der Waals surface area contributed by atoms with E-state index in [1.165, 1.54) is 0 Å². The van der Waals surface area contributed by atoms with Crippen LogP contribution in [0, 0.1) is 6.92 Å². The van der Waals surface area contributed by atoms with Crippen LogP contribution in [0.15, 0.2) is 46.9 Å². The molecule has 2 rings (SSSR count). The Hall–Kier alpha value is -1.57. The van der Waals surface area contributed by atoms with E-state index in [2.05, 4.69) is 21.2 Å². The minimum Gasteiger partial charge on any atom is -0.324 e. The molecule has 2 aromatic carbocycles. The zero-order valence-corrected chi connectivity index (χ0v) is 17.8. The molecular weight excluding hydrogens is 440 g/mol. The maximum absolute atomic E-state index is 12.8. The van der Waals surface area contributed by atoms with Crippen molar-refractivity contribution >= 4 is 54.8 Å². The van der Waals surface area contributed by atoms with E-state index < -0.39 is 22.0 Å². The highest BCUT2D eigenvalue weighted by Crippen LogP contribution is 2.26. The molecule has 0 aromatic heterocycles. The Kier molecular flexibility index (Phi) is 6.71. The van der Waals surface area contributed by atoms with Crippen molar-refractivity contribution in [2.24, 2.45) is 0 Å². The number of rotatable bonds is 6. The molecule has 0 fully saturated rings. The number of anilines is 2. The number of hydrogen-bond donors (Lipinski definition) is 1. The highest BCUT2D eigenvalue weighted by Gasteiger charge is 2.31. The fraction of sp³-hybridized carbons (Fsp3) is 0.278. The van der Waals surface area contributed by atoms with Gasteiger partial charge in [0.1, 0.15) is 6.04 Å². The van der Waals surface area contributed by atoms with Crippen LogP contribution in [-0.2, 0) is 14.8 Å². The van der Waals surface area contributed by atoms with E-state index in [0.29, 0.717) is 22.8 Å². The van der Waals surface area contributed by atoms with Gasteiger partial charge in [0, 0.05) is 15.2 Å². The first-order valence-corrected chi connectivity index (χ1v) is 11.0. The molecule has 0 heterocycles. The van der Waals surface area contributed by atoms with Gasteiger partial charge in [0.15, 0.2) is 0 Å². The monoisotopic (exact) mass is 458 g/mol. The van der Waals surface area contributed by atoms with Crippen LogP contribution >= 0.6 is 27.5 Å². The second-order valence-electron chi connectivity index (χ2n) is 5.91. The molecular formula is C18H20BrClN2O3S. The summed E-state index contributed by atoms with van der Waals surface area (Å²) in [4.78, 5) is 12.8. The van der Waals surface area contributed by atoms with Crippen molar-refractivity contribution in [1.82, 2.24) is 0 Å². The van der Waals surface area contributed by atoms with Gasteiger partial charge in [-0.05, 0) is 61.4 Å². The Morgan fingerprint density at radius 2 is 1.85 bits per heavy atom. The van der Waals surface area contributed by atoms with Gasteiger partial charge in [0.05, 0.1) is 11.9 Å². The van der Waals surface area contributed by atoms with E-state index in [1.807, 2.05) is 19.1 Å². The van der Waals surface area contributed by atoms with Crippen LogP contribution in [0.25, 0.3) is 0 Å². The summed E-state index contributed by atoms with van der Waals surface area (Å²) in [6, 6.07) is 10.9. The SMILES string of the molecule is CC[C@H](C(=O)Nc1ccc(Br)c(C)c1)N(c1ccc(Cl)cc1)S(C)(=O)=O. The first kappa shape index (κ1) is 20.7. The zero-order chi connectivity index (χ0) is 19.5. The van der Waals surface area contributed by atoms with Crippen LogP contribution in [-0.4, -0.2) is 26.6 Å². The fourth-order valence-corrected chi connectivity index (χ4v) is 4.18. The molecule has 1 amide bonds. The maximum atomic E-state index is 12.8. The van der Waals surface area contributed by atoms with Gasteiger partial charge < -0.3 is 5.32 Å². The number of aryl methyl sites for hydroxylation is 1. The summed E-state index contributed by atoms with van der Waals surface area (Å²) < 4.78 is 26.8. The summed E-state index contributed by atoms with van der Waals surface area (Å²) in [7, 11) is -3.67. The average Bonchev–Trinajstić information content (AvgIpc) is 2.56. The van der Waals surface area contributed by atoms with E-state index in [-0.39, 0.29) is 0 Å². The normalized spacial score (nSPS) is 12.5. The van der Waals surface area contributed by atoms with Gasteiger partial charge in [0.2, 0.25) is 15.9 Å². The lowest BCUT2D eigenvalue weighted by Crippen LogP contribution is -2.47. The van der Waals surface area contributed by atoms with Gasteiger partial charge >= 0.3 is 0 Å². The first-order chi connectivity index (χ1) is 12.1. The first-order valence-electron chi connectivity index (χ1n) is 7.95. The third kappa shape index (κ3) is 4.99. The Balaban J connectivity index is 2.36. The van der Waals surface area contributed by atoms with E-state index in [0.717, 1.165) is 20.6 Å². The minimum absolute atomic E-state index is 0.317. The van der Waals surface area contributed by atoms with Crippen molar-refractivity contribution in [3.8, 4) is 0 Å². The van der Waals surface area contributed by atoms with E-state index >= 15 is 0 Å². The molecule has 0 radical (unpaired) electrons. The molecule has 1 atom stereocenters. The predicted molar refractivity (Wildman–Crippen MR) is 110 cm³/mol. The van der Waals surface area contributed by atoms with Crippen molar-refractivity contribution in [3.05, 3.63) is 57.5 Å². The summed E-state index contributed by atoms with van der Waals surface area (Å²) in [5, 5.41) is 3.29. The molecule has 0 spiro atoms. The second kappa shape index (κ2) is 8.41. The Morgan fingerprint density at radius 1 is 1.23 bits per heavy atom. The molecule has 0 saturated heterocycles. The minimum atomic E-state index is -3.67. The Bertz CT molecular complexity index is 901. The van der Waals surface area contributed by atoms with Gasteiger partial charge in [-0.1, -0.05) is 34.5 Å². The highest BCUT2D eigenvalue weighted by molar-refractivity contribution is 9.10. The second-order valence-corrected chi connectivity index (χ2v) is 9.06. The topological polar surface area (TPSA) is 66.5 Å². The molecule has 5 nitrogen and oxygen atoms in total. The molecule has 2 aromatic rings. The predicted octanol–water partition coefficient (Wildman–Crippen LogP) is 4.59. The molecule has 26 heavy (non-hydrogen) atoms. The Labute approximate surface area is 167 Å². The van der Waals surface area contributed by atoms with Crippen LogP contribution in [0.5, 0.6) is 0 Å². The number of benzene rings is 2. The quantitative estimate of drug-likeness (QED) is 0.687. The van der Waals surface area contributed by atoms with E-state index in [4.69, 9.17) is 11.6 Å². The fourth-order valence-electron chi connectivity index (χ4n) is 2.60. The molecule has 8 heteroatoms. The lowest BCUT2D eigenvalue weighted by atomic mass is 10.1. The number of halogens is 2. The summed E-state index contributed by atoms with van der Waals surface area (Å²) in [5.41, 5.74) is 1.97. The van der Waals surface area contributed by atoms with Crippen molar-refractivity contribution in [1.29, 1.82) is 0 Å². The molecule has 1 N–H and O–H groups in total. The van der Waals surface area contributed by atoms with Gasteiger partial charge in [-0.15, -0.1) is 0 Å². The van der Waals surface area contributed by atoms with Gasteiger partial charge in [-0.3, -0.25) is 9.10 Å². The van der Waals surface area contributed by atoms with Crippen molar-refractivity contribution < 1.29 is 13.2 Å². The average molecular weight is 460 g/mol. The van der Waals surface area contributed by atoms with Crippen LogP contribution in [0.3, 0.4) is 0 Å². The standard InChI is InChI=1S/C18H20BrClN2O3S/c1-4-17(18(23)21-14-7-10-16(19)12(2)11-14)22(26(3,24)25)15-8-5-13(20)6-9-15/h5-11,17H,4H2,1-3H3,(H,21,23)/t17-/m1/s1. The molecule has 140 valence electrons.